The van der Waals surface area contributed by atoms with E-state index in [0.29, 0.717) is 36.0 Å². The number of piperazine rings is 1. The Hall–Kier alpha value is -2.12. The second kappa shape index (κ2) is 8.12. The molecular formula is C16H20ClN5O2. The van der Waals surface area contributed by atoms with Gasteiger partial charge in [0, 0.05) is 44.3 Å². The molecule has 8 heteroatoms. The van der Waals surface area contributed by atoms with Crippen LogP contribution in [0.1, 0.15) is 6.92 Å². The van der Waals surface area contributed by atoms with Gasteiger partial charge in [-0.05, 0) is 19.1 Å². The number of aromatic nitrogens is 3. The maximum absolute atomic E-state index is 5.95. The van der Waals surface area contributed by atoms with Gasteiger partial charge >= 0.3 is 0 Å². The molecule has 1 saturated heterocycles. The predicted molar refractivity (Wildman–Crippen MR) is 91.9 cm³/mol. The maximum Gasteiger partial charge on any atom is 0.257 e. The van der Waals surface area contributed by atoms with E-state index < -0.39 is 0 Å². The second-order valence-corrected chi connectivity index (χ2v) is 5.78. The van der Waals surface area contributed by atoms with E-state index in [1.165, 1.54) is 0 Å². The highest BCUT2D eigenvalue weighted by Crippen LogP contribution is 2.25. The van der Waals surface area contributed by atoms with E-state index in [0.717, 1.165) is 25.5 Å². The Morgan fingerprint density at radius 2 is 2.04 bits per heavy atom. The van der Waals surface area contributed by atoms with E-state index in [1.54, 1.807) is 30.7 Å². The van der Waals surface area contributed by atoms with Gasteiger partial charge in [0.2, 0.25) is 0 Å². The lowest BCUT2D eigenvalue weighted by atomic mass is 10.2. The van der Waals surface area contributed by atoms with E-state index >= 15 is 0 Å². The van der Waals surface area contributed by atoms with Crippen molar-refractivity contribution in [2.45, 2.75) is 13.0 Å². The molecule has 1 N–H and O–H groups in total. The Bertz CT molecular complexity index is 672. The molecule has 1 aliphatic heterocycles. The zero-order valence-electron chi connectivity index (χ0n) is 13.5. The van der Waals surface area contributed by atoms with E-state index in [2.05, 4.69) is 32.1 Å². The molecule has 0 unspecified atom stereocenters. The lowest BCUT2D eigenvalue weighted by Gasteiger charge is -2.35. The van der Waals surface area contributed by atoms with Gasteiger partial charge < -0.3 is 19.7 Å². The highest BCUT2D eigenvalue weighted by molar-refractivity contribution is 6.30. The van der Waals surface area contributed by atoms with Crippen LogP contribution in [-0.2, 0) is 0 Å². The van der Waals surface area contributed by atoms with E-state index in [4.69, 9.17) is 21.1 Å². The number of hydrogen-bond acceptors (Lipinski definition) is 7. The van der Waals surface area contributed by atoms with Crippen LogP contribution in [0.5, 0.6) is 11.6 Å². The second-order valence-electron chi connectivity index (χ2n) is 5.42. The van der Waals surface area contributed by atoms with Crippen molar-refractivity contribution in [3.63, 3.8) is 0 Å². The van der Waals surface area contributed by atoms with Gasteiger partial charge in [-0.1, -0.05) is 11.6 Å². The van der Waals surface area contributed by atoms with Crippen molar-refractivity contribution in [1.82, 2.24) is 20.3 Å². The molecule has 0 aromatic carbocycles. The molecule has 24 heavy (non-hydrogen) atoms. The lowest BCUT2D eigenvalue weighted by Crippen LogP contribution is -2.50. The molecule has 1 atom stereocenters. The molecule has 3 heterocycles. The fourth-order valence-electron chi connectivity index (χ4n) is 2.54. The molecule has 0 amide bonds. The van der Waals surface area contributed by atoms with Crippen molar-refractivity contribution < 1.29 is 9.47 Å². The molecule has 0 spiro atoms. The molecule has 0 aliphatic carbocycles. The molecule has 1 aliphatic rings. The third kappa shape index (κ3) is 4.04. The summed E-state index contributed by atoms with van der Waals surface area (Å²) in [5.41, 5.74) is 0. The summed E-state index contributed by atoms with van der Waals surface area (Å²) < 4.78 is 11.3. The third-order valence-electron chi connectivity index (χ3n) is 3.72. The fourth-order valence-corrected chi connectivity index (χ4v) is 2.72. The summed E-state index contributed by atoms with van der Waals surface area (Å²) >= 11 is 5.95. The van der Waals surface area contributed by atoms with Gasteiger partial charge in [-0.15, -0.1) is 0 Å². The Morgan fingerprint density at radius 3 is 2.88 bits per heavy atom. The standard InChI is InChI=1S/C16H20ClN5O2/c1-12-11-18-7-8-22(12)15-16(21-6-5-20-15)24-10-9-23-13-3-2-4-19-14(13)17/h2-6,12,18H,7-11H2,1H3/t12-/m1/s1. The summed E-state index contributed by atoms with van der Waals surface area (Å²) in [6, 6.07) is 3.88. The van der Waals surface area contributed by atoms with Crippen LogP contribution in [0.3, 0.4) is 0 Å². The minimum atomic E-state index is 0.336. The van der Waals surface area contributed by atoms with Crippen LogP contribution in [0.4, 0.5) is 5.82 Å². The molecule has 2 aromatic rings. The molecule has 7 nitrogen and oxygen atoms in total. The minimum Gasteiger partial charge on any atom is -0.487 e. The largest absolute Gasteiger partial charge is 0.487 e. The average molecular weight is 350 g/mol. The monoisotopic (exact) mass is 349 g/mol. The van der Waals surface area contributed by atoms with Crippen molar-refractivity contribution in [1.29, 1.82) is 0 Å². The van der Waals surface area contributed by atoms with Gasteiger partial charge in [0.1, 0.15) is 13.2 Å². The smallest absolute Gasteiger partial charge is 0.257 e. The van der Waals surface area contributed by atoms with Crippen molar-refractivity contribution >= 4 is 17.4 Å². The highest BCUT2D eigenvalue weighted by Gasteiger charge is 2.23. The summed E-state index contributed by atoms with van der Waals surface area (Å²) in [5.74, 6) is 1.83. The summed E-state index contributed by atoms with van der Waals surface area (Å²) in [7, 11) is 0. The van der Waals surface area contributed by atoms with Gasteiger partial charge in [0.25, 0.3) is 5.88 Å². The fraction of sp³-hybridized carbons (Fsp3) is 0.438. The van der Waals surface area contributed by atoms with Gasteiger partial charge in [-0.25, -0.2) is 15.0 Å². The number of rotatable bonds is 6. The molecule has 0 radical (unpaired) electrons. The number of ether oxygens (including phenoxy) is 2. The van der Waals surface area contributed by atoms with Crippen LogP contribution < -0.4 is 19.7 Å². The highest BCUT2D eigenvalue weighted by atomic mass is 35.5. The zero-order chi connectivity index (χ0) is 16.8. The molecule has 1 fully saturated rings. The number of anilines is 1. The van der Waals surface area contributed by atoms with Crippen LogP contribution in [0.2, 0.25) is 5.15 Å². The number of pyridine rings is 1. The molecular weight excluding hydrogens is 330 g/mol. The molecule has 2 aromatic heterocycles. The number of hydrogen-bond donors (Lipinski definition) is 1. The predicted octanol–water partition coefficient (Wildman–Crippen LogP) is 1.78. The summed E-state index contributed by atoms with van der Waals surface area (Å²) in [4.78, 5) is 14.9. The number of halogens is 1. The quantitative estimate of drug-likeness (QED) is 0.629. The maximum atomic E-state index is 5.95. The first-order chi connectivity index (χ1) is 11.8. The van der Waals surface area contributed by atoms with Crippen molar-refractivity contribution in [3.8, 4) is 11.6 Å². The van der Waals surface area contributed by atoms with E-state index in [1.807, 2.05) is 0 Å². The topological polar surface area (TPSA) is 72.4 Å². The van der Waals surface area contributed by atoms with Crippen molar-refractivity contribution in [3.05, 3.63) is 35.9 Å². The Kier molecular flexibility index (Phi) is 5.66. The van der Waals surface area contributed by atoms with E-state index in [-0.39, 0.29) is 0 Å². The van der Waals surface area contributed by atoms with Gasteiger partial charge in [-0.3, -0.25) is 0 Å². The number of nitrogens with zero attached hydrogens (tertiary/aromatic N) is 4. The normalized spacial score (nSPS) is 17.6. The van der Waals surface area contributed by atoms with Gasteiger partial charge in [-0.2, -0.15) is 0 Å². The zero-order valence-corrected chi connectivity index (χ0v) is 14.2. The number of nitrogens with one attached hydrogen (secondary N) is 1. The summed E-state index contributed by atoms with van der Waals surface area (Å²) in [6.07, 6.45) is 4.93. The first kappa shape index (κ1) is 16.7. The van der Waals surface area contributed by atoms with E-state index in [9.17, 15) is 0 Å². The molecule has 3 rings (SSSR count). The Morgan fingerprint density at radius 1 is 1.21 bits per heavy atom. The lowest BCUT2D eigenvalue weighted by molar-refractivity contribution is 0.211. The van der Waals surface area contributed by atoms with Gasteiger partial charge in [0.05, 0.1) is 0 Å². The Balaban J connectivity index is 1.58. The van der Waals surface area contributed by atoms with Crippen LogP contribution in [0.15, 0.2) is 30.7 Å². The molecule has 128 valence electrons. The van der Waals surface area contributed by atoms with Gasteiger partial charge in [0.15, 0.2) is 16.7 Å². The van der Waals surface area contributed by atoms with Crippen molar-refractivity contribution in [2.24, 2.45) is 0 Å². The SMILES string of the molecule is C[C@@H]1CNCCN1c1nccnc1OCCOc1cccnc1Cl. The minimum absolute atomic E-state index is 0.336. The molecule has 0 saturated carbocycles. The van der Waals surface area contributed by atoms with Crippen LogP contribution in [0, 0.1) is 0 Å². The summed E-state index contributed by atoms with van der Waals surface area (Å²) in [5, 5.41) is 3.70. The average Bonchev–Trinajstić information content (AvgIpc) is 2.61. The van der Waals surface area contributed by atoms with Crippen LogP contribution in [0.25, 0.3) is 0 Å². The third-order valence-corrected chi connectivity index (χ3v) is 4.01. The summed E-state index contributed by atoms with van der Waals surface area (Å²) in [6.45, 7) is 5.55. The first-order valence-corrected chi connectivity index (χ1v) is 8.28. The first-order valence-electron chi connectivity index (χ1n) is 7.90. The van der Waals surface area contributed by atoms with Crippen molar-refractivity contribution in [2.75, 3.05) is 37.7 Å². The molecule has 0 bridgehead atoms. The van der Waals surface area contributed by atoms with Crippen LogP contribution in [-0.4, -0.2) is 53.8 Å². The Labute approximate surface area is 146 Å². The van der Waals surface area contributed by atoms with Crippen LogP contribution >= 0.6 is 11.6 Å².